The summed E-state index contributed by atoms with van der Waals surface area (Å²) in [6.07, 6.45) is 0.641. The third-order valence-corrected chi connectivity index (χ3v) is 1.32. The van der Waals surface area contributed by atoms with Crippen molar-refractivity contribution in [3.63, 3.8) is 0 Å². The zero-order valence-electron chi connectivity index (χ0n) is 6.20. The number of rotatable bonds is 3. The van der Waals surface area contributed by atoms with Gasteiger partial charge in [-0.1, -0.05) is 0 Å². The summed E-state index contributed by atoms with van der Waals surface area (Å²) in [7, 11) is 1.60. The summed E-state index contributed by atoms with van der Waals surface area (Å²) in [4.78, 5) is 9.99. The smallest absolute Gasteiger partial charge is 0.211 e. The lowest BCUT2D eigenvalue weighted by atomic mass is 10.3. The fourth-order valence-electron chi connectivity index (χ4n) is 0.755. The first-order valence-corrected chi connectivity index (χ1v) is 3.21. The predicted molar refractivity (Wildman–Crippen MR) is 42.7 cm³/mol. The van der Waals surface area contributed by atoms with E-state index in [-0.39, 0.29) is 0 Å². The zero-order valence-corrected chi connectivity index (χ0v) is 6.20. The first-order valence-electron chi connectivity index (χ1n) is 3.21. The Hall–Kier alpha value is -1.51. The van der Waals surface area contributed by atoms with Crippen LogP contribution in [-0.4, -0.2) is 13.5 Å². The van der Waals surface area contributed by atoms with Crippen LogP contribution in [0.15, 0.2) is 24.3 Å². The molecular weight excluding hydrogens is 142 g/mol. The van der Waals surface area contributed by atoms with E-state index in [9.17, 15) is 4.79 Å². The maximum absolute atomic E-state index is 9.99. The molecule has 0 radical (unpaired) electrons. The summed E-state index contributed by atoms with van der Waals surface area (Å²) >= 11 is 0. The van der Waals surface area contributed by atoms with Gasteiger partial charge >= 0.3 is 0 Å². The molecule has 0 saturated carbocycles. The molecule has 1 N–H and O–H groups in total. The van der Waals surface area contributed by atoms with Gasteiger partial charge < -0.3 is 10.1 Å². The van der Waals surface area contributed by atoms with Gasteiger partial charge in [0.1, 0.15) is 5.75 Å². The lowest BCUT2D eigenvalue weighted by Crippen LogP contribution is -1.92. The molecule has 0 aliphatic heterocycles. The average molecular weight is 151 g/mol. The molecule has 0 heterocycles. The molecule has 3 nitrogen and oxygen atoms in total. The lowest BCUT2D eigenvalue weighted by Gasteiger charge is -2.00. The highest BCUT2D eigenvalue weighted by atomic mass is 16.5. The van der Waals surface area contributed by atoms with Gasteiger partial charge in [0.15, 0.2) is 0 Å². The van der Waals surface area contributed by atoms with Gasteiger partial charge in [0, 0.05) is 5.69 Å². The van der Waals surface area contributed by atoms with Crippen molar-refractivity contribution in [1.82, 2.24) is 0 Å². The third-order valence-electron chi connectivity index (χ3n) is 1.32. The standard InChI is InChI=1S/C8H9NO2/c1-11-8-4-2-7(3-5-8)9-6-10/h2-6H,1H3,(H,9,10). The first kappa shape index (κ1) is 7.60. The Morgan fingerprint density at radius 3 is 2.45 bits per heavy atom. The van der Waals surface area contributed by atoms with E-state index < -0.39 is 0 Å². The molecule has 0 aromatic heterocycles. The van der Waals surface area contributed by atoms with Crippen molar-refractivity contribution < 1.29 is 9.53 Å². The first-order chi connectivity index (χ1) is 5.36. The highest BCUT2D eigenvalue weighted by Crippen LogP contribution is 2.13. The van der Waals surface area contributed by atoms with Crippen molar-refractivity contribution >= 4 is 12.1 Å². The van der Waals surface area contributed by atoms with E-state index >= 15 is 0 Å². The summed E-state index contributed by atoms with van der Waals surface area (Å²) < 4.78 is 4.93. The van der Waals surface area contributed by atoms with Gasteiger partial charge in [-0.25, -0.2) is 0 Å². The van der Waals surface area contributed by atoms with Crippen LogP contribution >= 0.6 is 0 Å². The Balaban J connectivity index is 2.74. The topological polar surface area (TPSA) is 38.3 Å². The molecule has 0 saturated heterocycles. The van der Waals surface area contributed by atoms with E-state index in [0.29, 0.717) is 6.41 Å². The van der Waals surface area contributed by atoms with Crippen LogP contribution in [0.2, 0.25) is 0 Å². The summed E-state index contributed by atoms with van der Waals surface area (Å²) in [6, 6.07) is 7.11. The van der Waals surface area contributed by atoms with Crippen LogP contribution in [0.4, 0.5) is 5.69 Å². The summed E-state index contributed by atoms with van der Waals surface area (Å²) in [6.45, 7) is 0. The number of methoxy groups -OCH3 is 1. The van der Waals surface area contributed by atoms with Crippen LogP contribution in [0.3, 0.4) is 0 Å². The Labute approximate surface area is 65.0 Å². The lowest BCUT2D eigenvalue weighted by molar-refractivity contribution is -0.105. The molecule has 0 bridgehead atoms. The number of amides is 1. The molecule has 0 aliphatic carbocycles. The molecule has 1 aromatic carbocycles. The molecule has 0 fully saturated rings. The van der Waals surface area contributed by atoms with Crippen molar-refractivity contribution in [2.45, 2.75) is 0 Å². The number of anilines is 1. The Kier molecular flexibility index (Phi) is 2.49. The highest BCUT2D eigenvalue weighted by molar-refractivity contribution is 5.71. The number of ether oxygens (including phenoxy) is 1. The van der Waals surface area contributed by atoms with Crippen LogP contribution in [0.5, 0.6) is 5.75 Å². The molecule has 1 aromatic rings. The average Bonchev–Trinajstić information content (AvgIpc) is 2.07. The second-order valence-corrected chi connectivity index (χ2v) is 1.99. The zero-order chi connectivity index (χ0) is 8.10. The SMILES string of the molecule is COc1ccc(NC=O)cc1. The number of hydrogen-bond acceptors (Lipinski definition) is 2. The van der Waals surface area contributed by atoms with Gasteiger partial charge in [0.25, 0.3) is 0 Å². The Bertz CT molecular complexity index is 230. The van der Waals surface area contributed by atoms with Crippen molar-refractivity contribution in [2.75, 3.05) is 12.4 Å². The van der Waals surface area contributed by atoms with Crippen LogP contribution in [0.25, 0.3) is 0 Å². The number of carbonyl (C=O) groups excluding carboxylic acids is 1. The van der Waals surface area contributed by atoms with E-state index in [1.54, 1.807) is 31.4 Å². The molecule has 1 rings (SSSR count). The second kappa shape index (κ2) is 3.61. The van der Waals surface area contributed by atoms with E-state index in [1.807, 2.05) is 0 Å². The Morgan fingerprint density at radius 2 is 2.00 bits per heavy atom. The maximum Gasteiger partial charge on any atom is 0.211 e. The summed E-state index contributed by atoms with van der Waals surface area (Å²) in [5.41, 5.74) is 0.765. The molecular formula is C8H9NO2. The van der Waals surface area contributed by atoms with Crippen molar-refractivity contribution in [1.29, 1.82) is 0 Å². The molecule has 0 atom stereocenters. The van der Waals surface area contributed by atoms with Gasteiger partial charge in [-0.05, 0) is 24.3 Å². The van der Waals surface area contributed by atoms with Gasteiger partial charge in [-0.3, -0.25) is 4.79 Å². The molecule has 3 heteroatoms. The number of carbonyl (C=O) groups is 1. The van der Waals surface area contributed by atoms with Crippen molar-refractivity contribution in [3.05, 3.63) is 24.3 Å². The highest BCUT2D eigenvalue weighted by Gasteiger charge is 1.90. The fraction of sp³-hybridized carbons (Fsp3) is 0.125. The quantitative estimate of drug-likeness (QED) is 0.660. The molecule has 0 unspecified atom stereocenters. The van der Waals surface area contributed by atoms with Gasteiger partial charge in [0.2, 0.25) is 6.41 Å². The van der Waals surface area contributed by atoms with Crippen LogP contribution < -0.4 is 10.1 Å². The van der Waals surface area contributed by atoms with Crippen molar-refractivity contribution in [2.24, 2.45) is 0 Å². The third kappa shape index (κ3) is 1.97. The minimum atomic E-state index is 0.641. The van der Waals surface area contributed by atoms with Crippen LogP contribution in [0.1, 0.15) is 0 Å². The second-order valence-electron chi connectivity index (χ2n) is 1.99. The van der Waals surface area contributed by atoms with E-state index in [2.05, 4.69) is 5.32 Å². The molecule has 0 aliphatic rings. The monoisotopic (exact) mass is 151 g/mol. The Morgan fingerprint density at radius 1 is 1.36 bits per heavy atom. The molecule has 0 spiro atoms. The number of nitrogens with one attached hydrogen (secondary N) is 1. The molecule has 58 valence electrons. The van der Waals surface area contributed by atoms with Crippen LogP contribution in [-0.2, 0) is 4.79 Å². The van der Waals surface area contributed by atoms with E-state index in [0.717, 1.165) is 11.4 Å². The number of hydrogen-bond donors (Lipinski definition) is 1. The van der Waals surface area contributed by atoms with Gasteiger partial charge in [-0.15, -0.1) is 0 Å². The van der Waals surface area contributed by atoms with Gasteiger partial charge in [0.05, 0.1) is 7.11 Å². The fourth-order valence-corrected chi connectivity index (χ4v) is 0.755. The molecule has 11 heavy (non-hydrogen) atoms. The van der Waals surface area contributed by atoms with Crippen LogP contribution in [0, 0.1) is 0 Å². The minimum absolute atomic E-state index is 0.641. The predicted octanol–water partition coefficient (Wildman–Crippen LogP) is 1.26. The van der Waals surface area contributed by atoms with Crippen molar-refractivity contribution in [3.8, 4) is 5.75 Å². The largest absolute Gasteiger partial charge is 0.497 e. The molecule has 1 amide bonds. The minimum Gasteiger partial charge on any atom is -0.497 e. The van der Waals surface area contributed by atoms with Gasteiger partial charge in [-0.2, -0.15) is 0 Å². The summed E-state index contributed by atoms with van der Waals surface area (Å²) in [5.74, 6) is 0.779. The maximum atomic E-state index is 9.99. The summed E-state index contributed by atoms with van der Waals surface area (Å²) in [5, 5.41) is 2.52. The number of benzene rings is 1. The van der Waals surface area contributed by atoms with E-state index in [1.165, 1.54) is 0 Å². The normalized spacial score (nSPS) is 8.82. The van der Waals surface area contributed by atoms with E-state index in [4.69, 9.17) is 4.74 Å².